The topological polar surface area (TPSA) is 47.7 Å². The van der Waals surface area contributed by atoms with Crippen LogP contribution >= 0.6 is 0 Å². The lowest BCUT2D eigenvalue weighted by Gasteiger charge is -2.52. The van der Waals surface area contributed by atoms with Gasteiger partial charge in [-0.2, -0.15) is 0 Å². The van der Waals surface area contributed by atoms with Crippen LogP contribution in [0.25, 0.3) is 0 Å². The van der Waals surface area contributed by atoms with E-state index in [4.69, 9.17) is 15.2 Å². The smallest absolute Gasteiger partial charge is 0.0589 e. The molecule has 0 aromatic carbocycles. The van der Waals surface area contributed by atoms with Gasteiger partial charge < -0.3 is 15.2 Å². The van der Waals surface area contributed by atoms with Crippen molar-refractivity contribution in [3.63, 3.8) is 0 Å². The fourth-order valence-electron chi connectivity index (χ4n) is 3.52. The molecule has 2 N–H and O–H groups in total. The van der Waals surface area contributed by atoms with Crippen molar-refractivity contribution in [1.29, 1.82) is 0 Å². The van der Waals surface area contributed by atoms with E-state index in [1.54, 1.807) is 14.2 Å². The summed E-state index contributed by atoms with van der Waals surface area (Å²) in [7, 11) is 3.52. The van der Waals surface area contributed by atoms with Crippen molar-refractivity contribution < 1.29 is 9.47 Å². The van der Waals surface area contributed by atoms with Crippen molar-refractivity contribution in [3.05, 3.63) is 0 Å². The highest BCUT2D eigenvalue weighted by Crippen LogP contribution is 2.40. The molecule has 1 rings (SSSR count). The largest absolute Gasteiger partial charge is 0.383 e. The zero-order valence-electron chi connectivity index (χ0n) is 13.2. The van der Waals surface area contributed by atoms with E-state index in [1.807, 2.05) is 0 Å². The molecule has 3 atom stereocenters. The van der Waals surface area contributed by atoms with Gasteiger partial charge in [0.25, 0.3) is 0 Å². The van der Waals surface area contributed by atoms with E-state index in [-0.39, 0.29) is 5.54 Å². The molecule has 0 heterocycles. The molecule has 0 aromatic rings. The van der Waals surface area contributed by atoms with Crippen LogP contribution in [-0.4, -0.2) is 57.5 Å². The number of hydrogen-bond acceptors (Lipinski definition) is 4. The third kappa shape index (κ3) is 4.15. The maximum absolute atomic E-state index is 6.21. The second-order valence-electron chi connectivity index (χ2n) is 6.07. The molecule has 0 aromatic heterocycles. The van der Waals surface area contributed by atoms with E-state index in [0.29, 0.717) is 5.92 Å². The number of methoxy groups -OCH3 is 2. The van der Waals surface area contributed by atoms with E-state index in [2.05, 4.69) is 18.7 Å². The van der Waals surface area contributed by atoms with Gasteiger partial charge in [-0.15, -0.1) is 0 Å². The zero-order chi connectivity index (χ0) is 14.3. The van der Waals surface area contributed by atoms with Gasteiger partial charge >= 0.3 is 0 Å². The number of ether oxygens (including phenoxy) is 2. The third-order valence-electron chi connectivity index (χ3n) is 4.83. The first-order valence-electron chi connectivity index (χ1n) is 7.53. The normalized spacial score (nSPS) is 31.9. The highest BCUT2D eigenvalue weighted by Gasteiger charge is 2.43. The molecule has 1 aliphatic rings. The van der Waals surface area contributed by atoms with Crippen LogP contribution < -0.4 is 5.73 Å². The maximum Gasteiger partial charge on any atom is 0.0589 e. The van der Waals surface area contributed by atoms with Crippen LogP contribution in [0.3, 0.4) is 0 Å². The standard InChI is InChI=1S/C15H32N2O2/c1-13-5-6-14(2)15(11-13,12-16)17(7-9-18-3)8-10-19-4/h13-14H,5-12,16H2,1-4H3. The highest BCUT2D eigenvalue weighted by molar-refractivity contribution is 5.00. The molecule has 0 amide bonds. The van der Waals surface area contributed by atoms with Crippen molar-refractivity contribution >= 4 is 0 Å². The van der Waals surface area contributed by atoms with Crippen molar-refractivity contribution in [1.82, 2.24) is 4.90 Å². The summed E-state index contributed by atoms with van der Waals surface area (Å²) in [4.78, 5) is 2.51. The Kier molecular flexibility index (Phi) is 7.29. The molecule has 0 bridgehead atoms. The Morgan fingerprint density at radius 3 is 2.16 bits per heavy atom. The van der Waals surface area contributed by atoms with Crippen LogP contribution in [0.5, 0.6) is 0 Å². The lowest BCUT2D eigenvalue weighted by atomic mass is 9.68. The van der Waals surface area contributed by atoms with Crippen LogP contribution in [-0.2, 0) is 9.47 Å². The minimum atomic E-state index is 0.120. The second-order valence-corrected chi connectivity index (χ2v) is 6.07. The molecule has 114 valence electrons. The summed E-state index contributed by atoms with van der Waals surface area (Å²) >= 11 is 0. The molecule has 0 saturated heterocycles. The van der Waals surface area contributed by atoms with Crippen LogP contribution in [0.1, 0.15) is 33.1 Å². The fourth-order valence-corrected chi connectivity index (χ4v) is 3.52. The first-order chi connectivity index (χ1) is 9.10. The summed E-state index contributed by atoms with van der Waals surface area (Å²) in [5, 5.41) is 0. The van der Waals surface area contributed by atoms with Crippen molar-refractivity contribution in [2.45, 2.75) is 38.6 Å². The number of hydrogen-bond donors (Lipinski definition) is 1. The molecule has 0 radical (unpaired) electrons. The average molecular weight is 272 g/mol. The lowest BCUT2D eigenvalue weighted by molar-refractivity contribution is -0.0280. The molecule has 3 unspecified atom stereocenters. The summed E-state index contributed by atoms with van der Waals surface area (Å²) in [6, 6.07) is 0. The van der Waals surface area contributed by atoms with E-state index in [0.717, 1.165) is 38.8 Å². The SMILES string of the molecule is COCCN(CCOC)C1(CN)CC(C)CCC1C. The predicted octanol–water partition coefficient (Wildman–Crippen LogP) is 1.73. The van der Waals surface area contributed by atoms with E-state index >= 15 is 0 Å². The second kappa shape index (κ2) is 8.20. The first kappa shape index (κ1) is 16.9. The van der Waals surface area contributed by atoms with Gasteiger partial charge in [0.2, 0.25) is 0 Å². The molecule has 1 fully saturated rings. The van der Waals surface area contributed by atoms with Gasteiger partial charge in [0.05, 0.1) is 13.2 Å². The number of nitrogens with two attached hydrogens (primary N) is 1. The summed E-state index contributed by atoms with van der Waals surface area (Å²) in [5.74, 6) is 1.40. The van der Waals surface area contributed by atoms with Gasteiger partial charge in [-0.05, 0) is 24.7 Å². The molecule has 4 heteroatoms. The van der Waals surface area contributed by atoms with Gasteiger partial charge in [0, 0.05) is 39.4 Å². The van der Waals surface area contributed by atoms with Crippen molar-refractivity contribution in [2.24, 2.45) is 17.6 Å². The van der Waals surface area contributed by atoms with Gasteiger partial charge in [0.1, 0.15) is 0 Å². The molecule has 1 aliphatic carbocycles. The fraction of sp³-hybridized carbons (Fsp3) is 1.00. The molecule has 0 spiro atoms. The van der Waals surface area contributed by atoms with E-state index in [9.17, 15) is 0 Å². The van der Waals surface area contributed by atoms with Gasteiger partial charge in [-0.1, -0.05) is 20.3 Å². The predicted molar refractivity (Wildman–Crippen MR) is 79.3 cm³/mol. The molecule has 4 nitrogen and oxygen atoms in total. The number of rotatable bonds is 8. The summed E-state index contributed by atoms with van der Waals surface area (Å²) in [5.41, 5.74) is 6.33. The van der Waals surface area contributed by atoms with Crippen molar-refractivity contribution in [3.8, 4) is 0 Å². The zero-order valence-corrected chi connectivity index (χ0v) is 13.2. The Morgan fingerprint density at radius 2 is 1.68 bits per heavy atom. The molecule has 0 aliphatic heterocycles. The minimum absolute atomic E-state index is 0.120. The summed E-state index contributed by atoms with van der Waals surface area (Å²) in [6.45, 7) is 8.82. The monoisotopic (exact) mass is 272 g/mol. The Hall–Kier alpha value is -0.160. The van der Waals surface area contributed by atoms with Crippen LogP contribution in [0.4, 0.5) is 0 Å². The van der Waals surface area contributed by atoms with Crippen LogP contribution in [0, 0.1) is 11.8 Å². The molecular formula is C15H32N2O2. The Labute approximate surface area is 118 Å². The average Bonchev–Trinajstić information content (AvgIpc) is 2.42. The van der Waals surface area contributed by atoms with Gasteiger partial charge in [0.15, 0.2) is 0 Å². The maximum atomic E-state index is 6.21. The van der Waals surface area contributed by atoms with Crippen molar-refractivity contribution in [2.75, 3.05) is 47.1 Å². The lowest BCUT2D eigenvalue weighted by Crippen LogP contribution is -2.61. The van der Waals surface area contributed by atoms with E-state index < -0.39 is 0 Å². The Bertz CT molecular complexity index is 242. The van der Waals surface area contributed by atoms with Crippen LogP contribution in [0.15, 0.2) is 0 Å². The summed E-state index contributed by atoms with van der Waals surface area (Å²) in [6.07, 6.45) is 3.79. The molecule has 19 heavy (non-hydrogen) atoms. The summed E-state index contributed by atoms with van der Waals surface area (Å²) < 4.78 is 10.5. The first-order valence-corrected chi connectivity index (χ1v) is 7.53. The minimum Gasteiger partial charge on any atom is -0.383 e. The molecular weight excluding hydrogens is 240 g/mol. The van der Waals surface area contributed by atoms with Gasteiger partial charge in [-0.3, -0.25) is 4.90 Å². The van der Waals surface area contributed by atoms with Gasteiger partial charge in [-0.25, -0.2) is 0 Å². The quantitative estimate of drug-likeness (QED) is 0.731. The third-order valence-corrected chi connectivity index (χ3v) is 4.83. The Balaban J connectivity index is 2.83. The Morgan fingerprint density at radius 1 is 1.11 bits per heavy atom. The molecule has 1 saturated carbocycles. The number of nitrogens with zero attached hydrogens (tertiary/aromatic N) is 1. The van der Waals surface area contributed by atoms with E-state index in [1.165, 1.54) is 19.3 Å². The van der Waals surface area contributed by atoms with Crippen LogP contribution in [0.2, 0.25) is 0 Å². The highest BCUT2D eigenvalue weighted by atomic mass is 16.5.